The first-order valence-corrected chi connectivity index (χ1v) is 6.89. The summed E-state index contributed by atoms with van der Waals surface area (Å²) in [4.78, 5) is 13.1. The largest absolute Gasteiger partial charge is 0.368 e. The summed E-state index contributed by atoms with van der Waals surface area (Å²) < 4.78 is 0. The molecule has 0 radical (unpaired) electrons. The van der Waals surface area contributed by atoms with Gasteiger partial charge in [0.1, 0.15) is 11.0 Å². The van der Waals surface area contributed by atoms with Crippen LogP contribution in [-0.4, -0.2) is 47.1 Å². The molecule has 0 spiro atoms. The highest BCUT2D eigenvalue weighted by molar-refractivity contribution is 6.29. The zero-order chi connectivity index (χ0) is 12.5. The van der Waals surface area contributed by atoms with E-state index in [4.69, 9.17) is 17.3 Å². The molecule has 0 bridgehead atoms. The number of anilines is 2. The van der Waals surface area contributed by atoms with Crippen LogP contribution in [0.1, 0.15) is 19.3 Å². The van der Waals surface area contributed by atoms with Crippen molar-refractivity contribution >= 4 is 23.4 Å². The van der Waals surface area contributed by atoms with Gasteiger partial charge >= 0.3 is 0 Å². The predicted molar refractivity (Wildman–Crippen MR) is 72.9 cm³/mol. The number of aromatic nitrogens is 2. The number of rotatable bonds is 1. The van der Waals surface area contributed by atoms with E-state index in [0.29, 0.717) is 11.2 Å². The Morgan fingerprint density at radius 2 is 2.06 bits per heavy atom. The topological polar surface area (TPSA) is 58.3 Å². The summed E-state index contributed by atoms with van der Waals surface area (Å²) in [5, 5.41) is 0.421. The van der Waals surface area contributed by atoms with E-state index >= 15 is 0 Å². The van der Waals surface area contributed by atoms with Crippen molar-refractivity contribution in [2.45, 2.75) is 25.3 Å². The molecule has 2 saturated heterocycles. The maximum absolute atomic E-state index is 5.95. The summed E-state index contributed by atoms with van der Waals surface area (Å²) in [7, 11) is 0. The Morgan fingerprint density at radius 3 is 2.89 bits per heavy atom. The van der Waals surface area contributed by atoms with Crippen molar-refractivity contribution in [1.82, 2.24) is 14.9 Å². The second-order valence-electron chi connectivity index (χ2n) is 5.04. The van der Waals surface area contributed by atoms with Crippen LogP contribution >= 0.6 is 11.6 Å². The quantitative estimate of drug-likeness (QED) is 0.779. The molecule has 1 aromatic heterocycles. The molecule has 1 aromatic rings. The molecule has 0 unspecified atom stereocenters. The van der Waals surface area contributed by atoms with E-state index in [-0.39, 0.29) is 5.95 Å². The van der Waals surface area contributed by atoms with Gasteiger partial charge in [0.25, 0.3) is 0 Å². The molecule has 3 rings (SSSR count). The van der Waals surface area contributed by atoms with Crippen LogP contribution in [0.3, 0.4) is 0 Å². The van der Waals surface area contributed by atoms with Crippen LogP contribution in [0.5, 0.6) is 0 Å². The molecule has 2 N–H and O–H groups in total. The molecule has 1 atom stereocenters. The first kappa shape index (κ1) is 12.0. The molecule has 0 aliphatic carbocycles. The van der Waals surface area contributed by atoms with E-state index in [1.807, 2.05) is 6.07 Å². The first-order chi connectivity index (χ1) is 8.72. The fraction of sp³-hybridized carbons (Fsp3) is 0.667. The third-order valence-corrected chi connectivity index (χ3v) is 4.02. The molecule has 0 aromatic carbocycles. The number of nitrogen functional groups attached to an aromatic ring is 1. The Morgan fingerprint density at radius 1 is 1.22 bits per heavy atom. The van der Waals surface area contributed by atoms with Gasteiger partial charge in [-0.05, 0) is 25.8 Å². The summed E-state index contributed by atoms with van der Waals surface area (Å²) >= 11 is 5.95. The summed E-state index contributed by atoms with van der Waals surface area (Å²) in [5.74, 6) is 1.12. The van der Waals surface area contributed by atoms with Crippen molar-refractivity contribution in [3.05, 3.63) is 11.2 Å². The summed E-state index contributed by atoms with van der Waals surface area (Å²) in [6.45, 7) is 4.47. The highest BCUT2D eigenvalue weighted by Crippen LogP contribution is 2.25. The van der Waals surface area contributed by atoms with Gasteiger partial charge in [0, 0.05) is 31.7 Å². The zero-order valence-electron chi connectivity index (χ0n) is 10.3. The lowest BCUT2D eigenvalue weighted by atomic mass is 10.2. The molecule has 6 heteroatoms. The van der Waals surface area contributed by atoms with Crippen LogP contribution in [0.2, 0.25) is 5.15 Å². The average molecular weight is 268 g/mol. The van der Waals surface area contributed by atoms with Crippen LogP contribution in [0, 0.1) is 0 Å². The van der Waals surface area contributed by atoms with E-state index in [0.717, 1.165) is 25.3 Å². The van der Waals surface area contributed by atoms with Gasteiger partial charge in [0.2, 0.25) is 5.95 Å². The second kappa shape index (κ2) is 4.90. The van der Waals surface area contributed by atoms with Crippen LogP contribution in [-0.2, 0) is 0 Å². The van der Waals surface area contributed by atoms with Gasteiger partial charge in [-0.1, -0.05) is 11.6 Å². The van der Waals surface area contributed by atoms with Crippen molar-refractivity contribution in [2.75, 3.05) is 36.8 Å². The lowest BCUT2D eigenvalue weighted by molar-refractivity contribution is 0.273. The zero-order valence-corrected chi connectivity index (χ0v) is 11.1. The highest BCUT2D eigenvalue weighted by atomic mass is 35.5. The minimum Gasteiger partial charge on any atom is -0.368 e. The van der Waals surface area contributed by atoms with Crippen molar-refractivity contribution in [3.8, 4) is 0 Å². The maximum atomic E-state index is 5.95. The monoisotopic (exact) mass is 267 g/mol. The molecule has 0 saturated carbocycles. The molecule has 2 fully saturated rings. The van der Waals surface area contributed by atoms with E-state index in [1.54, 1.807) is 0 Å². The van der Waals surface area contributed by atoms with Crippen molar-refractivity contribution in [1.29, 1.82) is 0 Å². The fourth-order valence-corrected chi connectivity index (χ4v) is 3.18. The van der Waals surface area contributed by atoms with Gasteiger partial charge in [-0.25, -0.2) is 4.98 Å². The Kier molecular flexibility index (Phi) is 3.26. The van der Waals surface area contributed by atoms with Gasteiger partial charge in [-0.15, -0.1) is 0 Å². The minimum absolute atomic E-state index is 0.255. The summed E-state index contributed by atoms with van der Waals surface area (Å²) in [6.07, 6.45) is 3.76. The van der Waals surface area contributed by atoms with Crippen LogP contribution < -0.4 is 10.6 Å². The molecular weight excluding hydrogens is 250 g/mol. The van der Waals surface area contributed by atoms with E-state index in [1.165, 1.54) is 25.9 Å². The number of halogens is 1. The maximum Gasteiger partial charge on any atom is 0.223 e. The Hall–Kier alpha value is -1.07. The molecule has 18 heavy (non-hydrogen) atoms. The molecule has 2 aliphatic rings. The standard InChI is InChI=1S/C12H18ClN5/c13-10-7-11(16-12(14)15-10)18-6-2-5-17-4-1-3-9(17)8-18/h7,9H,1-6,8H2,(H2,14,15,16)/t9-/m0/s1. The van der Waals surface area contributed by atoms with Crippen molar-refractivity contribution in [2.24, 2.45) is 0 Å². The number of hydrogen-bond donors (Lipinski definition) is 1. The molecule has 2 aliphatic heterocycles. The van der Waals surface area contributed by atoms with E-state index < -0.39 is 0 Å². The van der Waals surface area contributed by atoms with Crippen molar-refractivity contribution < 1.29 is 0 Å². The van der Waals surface area contributed by atoms with E-state index in [2.05, 4.69) is 19.8 Å². The van der Waals surface area contributed by atoms with Crippen LogP contribution in [0.25, 0.3) is 0 Å². The summed E-state index contributed by atoms with van der Waals surface area (Å²) in [5.41, 5.74) is 5.67. The number of nitrogens with zero attached hydrogens (tertiary/aromatic N) is 4. The lowest BCUT2D eigenvalue weighted by Crippen LogP contribution is -2.37. The normalized spacial score (nSPS) is 24.9. The summed E-state index contributed by atoms with van der Waals surface area (Å²) in [6, 6.07) is 2.46. The third kappa shape index (κ3) is 2.37. The molecular formula is C12H18ClN5. The Balaban J connectivity index is 1.82. The SMILES string of the molecule is Nc1nc(Cl)cc(N2CCCN3CCC[C@H]3C2)n1. The van der Waals surface area contributed by atoms with Gasteiger partial charge in [0.05, 0.1) is 0 Å². The van der Waals surface area contributed by atoms with Crippen LogP contribution in [0.15, 0.2) is 6.07 Å². The van der Waals surface area contributed by atoms with Gasteiger partial charge in [0.15, 0.2) is 0 Å². The van der Waals surface area contributed by atoms with E-state index in [9.17, 15) is 0 Å². The first-order valence-electron chi connectivity index (χ1n) is 6.51. The second-order valence-corrected chi connectivity index (χ2v) is 5.43. The smallest absolute Gasteiger partial charge is 0.223 e. The number of fused-ring (bicyclic) bond motifs is 1. The average Bonchev–Trinajstić information content (AvgIpc) is 2.65. The van der Waals surface area contributed by atoms with Crippen molar-refractivity contribution in [3.63, 3.8) is 0 Å². The van der Waals surface area contributed by atoms with Gasteiger partial charge in [-0.2, -0.15) is 4.98 Å². The minimum atomic E-state index is 0.255. The highest BCUT2D eigenvalue weighted by Gasteiger charge is 2.29. The molecule has 3 heterocycles. The molecule has 5 nitrogen and oxygen atoms in total. The predicted octanol–water partition coefficient (Wildman–Crippen LogP) is 1.39. The van der Waals surface area contributed by atoms with Gasteiger partial charge < -0.3 is 10.6 Å². The Labute approximate surface area is 112 Å². The Bertz CT molecular complexity index is 418. The number of hydrogen-bond acceptors (Lipinski definition) is 5. The number of nitrogens with two attached hydrogens (primary N) is 1. The molecule has 98 valence electrons. The fourth-order valence-electron chi connectivity index (χ4n) is 3.00. The lowest BCUT2D eigenvalue weighted by Gasteiger charge is -2.26. The third-order valence-electron chi connectivity index (χ3n) is 3.83. The van der Waals surface area contributed by atoms with Crippen LogP contribution in [0.4, 0.5) is 11.8 Å². The molecule has 0 amide bonds. The van der Waals surface area contributed by atoms with Gasteiger partial charge in [-0.3, -0.25) is 4.90 Å².